The summed E-state index contributed by atoms with van der Waals surface area (Å²) in [4.78, 5) is 23.5. The van der Waals surface area contributed by atoms with Gasteiger partial charge in [0.1, 0.15) is 5.82 Å². The van der Waals surface area contributed by atoms with Crippen molar-refractivity contribution in [2.75, 3.05) is 13.1 Å². The van der Waals surface area contributed by atoms with Gasteiger partial charge >= 0.3 is 0 Å². The van der Waals surface area contributed by atoms with Crippen molar-refractivity contribution in [2.45, 2.75) is 25.7 Å². The molecule has 3 heterocycles. The third-order valence-corrected chi connectivity index (χ3v) is 4.78. The van der Waals surface area contributed by atoms with Crippen LogP contribution in [0.15, 0.2) is 48.8 Å². The van der Waals surface area contributed by atoms with Crippen LogP contribution in [0, 0.1) is 6.92 Å². The molecule has 4 rings (SSSR count). The van der Waals surface area contributed by atoms with E-state index in [1.54, 1.807) is 12.4 Å². The van der Waals surface area contributed by atoms with Crippen molar-refractivity contribution in [3.05, 3.63) is 65.7 Å². The van der Waals surface area contributed by atoms with Gasteiger partial charge in [-0.3, -0.25) is 14.9 Å². The zero-order valence-electron chi connectivity index (χ0n) is 14.7. The van der Waals surface area contributed by atoms with Crippen LogP contribution in [-0.4, -0.2) is 44.1 Å². The van der Waals surface area contributed by atoms with Gasteiger partial charge in [0.25, 0.3) is 5.91 Å². The Morgan fingerprint density at radius 1 is 1.27 bits per heavy atom. The van der Waals surface area contributed by atoms with Gasteiger partial charge in [0.05, 0.1) is 0 Å². The second-order valence-electron chi connectivity index (χ2n) is 6.75. The van der Waals surface area contributed by atoms with Gasteiger partial charge in [0.2, 0.25) is 0 Å². The van der Waals surface area contributed by atoms with Crippen LogP contribution in [0.1, 0.15) is 40.5 Å². The molecule has 1 atom stereocenters. The second kappa shape index (κ2) is 7.07. The summed E-state index contributed by atoms with van der Waals surface area (Å²) in [6.45, 7) is 3.45. The number of hydrogen-bond donors (Lipinski definition) is 1. The fourth-order valence-electron chi connectivity index (χ4n) is 3.43. The molecule has 0 aliphatic carbocycles. The third kappa shape index (κ3) is 3.35. The lowest BCUT2D eigenvalue weighted by atomic mass is 9.96. The molecule has 132 valence electrons. The largest absolute Gasteiger partial charge is 0.338 e. The standard InChI is InChI=1S/C20H21N5O/c1-14-5-2-6-15(11-14)20(26)25-10-4-8-17(13-25)19-22-18(23-24-19)16-7-3-9-21-12-16/h2-3,5-7,9,11-12,17H,4,8,10,13H2,1H3,(H,22,23,24)/t17-/m1/s1. The molecule has 3 aromatic rings. The van der Waals surface area contributed by atoms with E-state index >= 15 is 0 Å². The molecule has 0 saturated carbocycles. The SMILES string of the molecule is Cc1cccc(C(=O)N2CCC[C@@H](c3nc(-c4cccnc4)n[nH]3)C2)c1. The molecule has 1 N–H and O–H groups in total. The highest BCUT2D eigenvalue weighted by Crippen LogP contribution is 2.27. The lowest BCUT2D eigenvalue weighted by Crippen LogP contribution is -2.39. The first-order valence-corrected chi connectivity index (χ1v) is 8.89. The van der Waals surface area contributed by atoms with Gasteiger partial charge in [-0.1, -0.05) is 17.7 Å². The molecule has 1 fully saturated rings. The maximum absolute atomic E-state index is 12.8. The first kappa shape index (κ1) is 16.4. The molecule has 1 aromatic carbocycles. The summed E-state index contributed by atoms with van der Waals surface area (Å²) >= 11 is 0. The normalized spacial score (nSPS) is 17.3. The summed E-state index contributed by atoms with van der Waals surface area (Å²) in [6, 6.07) is 11.6. The number of aromatic amines is 1. The summed E-state index contributed by atoms with van der Waals surface area (Å²) in [5, 5.41) is 7.38. The molecule has 0 spiro atoms. The number of aryl methyl sites for hydroxylation is 1. The van der Waals surface area contributed by atoms with Crippen LogP contribution in [0.2, 0.25) is 0 Å². The van der Waals surface area contributed by atoms with Gasteiger partial charge in [-0.05, 0) is 44.0 Å². The van der Waals surface area contributed by atoms with Gasteiger partial charge in [-0.2, -0.15) is 5.10 Å². The molecule has 1 amide bonds. The topological polar surface area (TPSA) is 74.8 Å². The van der Waals surface area contributed by atoms with Crippen molar-refractivity contribution in [1.29, 1.82) is 0 Å². The van der Waals surface area contributed by atoms with Crippen LogP contribution in [-0.2, 0) is 0 Å². The van der Waals surface area contributed by atoms with E-state index in [2.05, 4.69) is 20.2 Å². The summed E-state index contributed by atoms with van der Waals surface area (Å²) < 4.78 is 0. The molecular formula is C20H21N5O. The summed E-state index contributed by atoms with van der Waals surface area (Å²) in [6.07, 6.45) is 5.44. The summed E-state index contributed by atoms with van der Waals surface area (Å²) in [7, 11) is 0. The monoisotopic (exact) mass is 347 g/mol. The van der Waals surface area contributed by atoms with Gasteiger partial charge in [0, 0.05) is 42.5 Å². The van der Waals surface area contributed by atoms with Crippen LogP contribution >= 0.6 is 0 Å². The number of H-pyrrole nitrogens is 1. The number of piperidine rings is 1. The van der Waals surface area contributed by atoms with E-state index in [1.165, 1.54) is 0 Å². The number of amides is 1. The van der Waals surface area contributed by atoms with Crippen LogP contribution in [0.3, 0.4) is 0 Å². The molecule has 26 heavy (non-hydrogen) atoms. The second-order valence-corrected chi connectivity index (χ2v) is 6.75. The number of nitrogens with zero attached hydrogens (tertiary/aromatic N) is 4. The molecule has 0 radical (unpaired) electrons. The molecular weight excluding hydrogens is 326 g/mol. The molecule has 0 unspecified atom stereocenters. The fourth-order valence-corrected chi connectivity index (χ4v) is 3.43. The fraction of sp³-hybridized carbons (Fsp3) is 0.300. The minimum atomic E-state index is 0.0883. The third-order valence-electron chi connectivity index (χ3n) is 4.78. The Morgan fingerprint density at radius 2 is 2.19 bits per heavy atom. The van der Waals surface area contributed by atoms with Crippen molar-refractivity contribution in [3.8, 4) is 11.4 Å². The van der Waals surface area contributed by atoms with Gasteiger partial charge in [-0.15, -0.1) is 0 Å². The summed E-state index contributed by atoms with van der Waals surface area (Å²) in [5.41, 5.74) is 2.73. The number of pyridine rings is 1. The Kier molecular flexibility index (Phi) is 4.48. The van der Waals surface area contributed by atoms with E-state index in [0.29, 0.717) is 12.4 Å². The number of rotatable bonds is 3. The lowest BCUT2D eigenvalue weighted by molar-refractivity contribution is 0.0704. The predicted molar refractivity (Wildman–Crippen MR) is 98.7 cm³/mol. The Bertz CT molecular complexity index is 905. The van der Waals surface area contributed by atoms with Crippen LogP contribution in [0.4, 0.5) is 0 Å². The van der Waals surface area contributed by atoms with E-state index in [-0.39, 0.29) is 11.8 Å². The predicted octanol–water partition coefficient (Wildman–Crippen LogP) is 3.19. The number of nitrogens with one attached hydrogen (secondary N) is 1. The first-order valence-electron chi connectivity index (χ1n) is 8.89. The molecule has 0 bridgehead atoms. The van der Waals surface area contributed by atoms with E-state index in [0.717, 1.165) is 41.9 Å². The zero-order valence-corrected chi connectivity index (χ0v) is 14.7. The Balaban J connectivity index is 1.50. The molecule has 2 aromatic heterocycles. The smallest absolute Gasteiger partial charge is 0.253 e. The van der Waals surface area contributed by atoms with E-state index in [1.807, 2.05) is 48.2 Å². The Hall–Kier alpha value is -3.02. The van der Waals surface area contributed by atoms with Crippen molar-refractivity contribution < 1.29 is 4.79 Å². The van der Waals surface area contributed by atoms with Gasteiger partial charge < -0.3 is 4.90 Å². The Morgan fingerprint density at radius 3 is 3.00 bits per heavy atom. The van der Waals surface area contributed by atoms with Gasteiger partial charge in [-0.25, -0.2) is 4.98 Å². The van der Waals surface area contributed by atoms with E-state index in [4.69, 9.17) is 0 Å². The van der Waals surface area contributed by atoms with Crippen LogP contribution < -0.4 is 0 Å². The number of carbonyl (C=O) groups excluding carboxylic acids is 1. The van der Waals surface area contributed by atoms with E-state index < -0.39 is 0 Å². The highest BCUT2D eigenvalue weighted by molar-refractivity contribution is 5.94. The van der Waals surface area contributed by atoms with Crippen LogP contribution in [0.25, 0.3) is 11.4 Å². The number of aromatic nitrogens is 4. The summed E-state index contributed by atoms with van der Waals surface area (Å²) in [5.74, 6) is 1.75. The molecule has 6 heteroatoms. The van der Waals surface area contributed by atoms with Gasteiger partial charge in [0.15, 0.2) is 5.82 Å². The average molecular weight is 347 g/mol. The number of likely N-dealkylation sites (tertiary alicyclic amines) is 1. The van der Waals surface area contributed by atoms with E-state index in [9.17, 15) is 4.79 Å². The first-order chi connectivity index (χ1) is 12.7. The maximum atomic E-state index is 12.8. The molecule has 1 saturated heterocycles. The molecule has 1 aliphatic heterocycles. The minimum absolute atomic E-state index is 0.0883. The highest BCUT2D eigenvalue weighted by atomic mass is 16.2. The molecule has 1 aliphatic rings. The number of carbonyl (C=O) groups is 1. The molecule has 6 nitrogen and oxygen atoms in total. The minimum Gasteiger partial charge on any atom is -0.338 e. The highest BCUT2D eigenvalue weighted by Gasteiger charge is 2.27. The number of benzene rings is 1. The van der Waals surface area contributed by atoms with Crippen molar-refractivity contribution in [2.24, 2.45) is 0 Å². The maximum Gasteiger partial charge on any atom is 0.253 e. The average Bonchev–Trinajstić information content (AvgIpc) is 3.18. The Labute approximate surface area is 152 Å². The van der Waals surface area contributed by atoms with Crippen LogP contribution in [0.5, 0.6) is 0 Å². The zero-order chi connectivity index (χ0) is 17.9. The quantitative estimate of drug-likeness (QED) is 0.789. The lowest BCUT2D eigenvalue weighted by Gasteiger charge is -2.31. The van der Waals surface area contributed by atoms with Crippen molar-refractivity contribution in [3.63, 3.8) is 0 Å². The van der Waals surface area contributed by atoms with Crippen molar-refractivity contribution in [1.82, 2.24) is 25.1 Å². The number of hydrogen-bond acceptors (Lipinski definition) is 4. The van der Waals surface area contributed by atoms with Crippen molar-refractivity contribution >= 4 is 5.91 Å².